The molecule has 0 unspecified atom stereocenters. The number of hydrogen-bond donors (Lipinski definition) is 1. The molecule has 3 nitrogen and oxygen atoms in total. The molecular formula is C23H26N2O. The lowest BCUT2D eigenvalue weighted by atomic mass is 9.90. The lowest BCUT2D eigenvalue weighted by Crippen LogP contribution is -2.39. The number of benzene rings is 2. The second-order valence-corrected chi connectivity index (χ2v) is 7.60. The van der Waals surface area contributed by atoms with E-state index in [1.54, 1.807) is 0 Å². The highest BCUT2D eigenvalue weighted by atomic mass is 16.2. The van der Waals surface area contributed by atoms with Gasteiger partial charge in [-0.05, 0) is 62.3 Å². The van der Waals surface area contributed by atoms with Gasteiger partial charge in [0.2, 0.25) is 0 Å². The predicted molar refractivity (Wildman–Crippen MR) is 107 cm³/mol. The van der Waals surface area contributed by atoms with E-state index in [0.717, 1.165) is 54.5 Å². The zero-order chi connectivity index (χ0) is 18.1. The zero-order valence-electron chi connectivity index (χ0n) is 15.6. The molecule has 1 N–H and O–H groups in total. The first-order valence-corrected chi connectivity index (χ1v) is 9.54. The van der Waals surface area contributed by atoms with Crippen LogP contribution in [-0.4, -0.2) is 28.9 Å². The Kier molecular flexibility index (Phi) is 4.54. The van der Waals surface area contributed by atoms with Crippen LogP contribution in [0.15, 0.2) is 48.5 Å². The van der Waals surface area contributed by atoms with Gasteiger partial charge in [0.05, 0.1) is 0 Å². The number of nitrogens with zero attached hydrogens (tertiary/aromatic N) is 1. The van der Waals surface area contributed by atoms with Gasteiger partial charge < -0.3 is 9.88 Å². The fraction of sp³-hybridized carbons (Fsp3) is 0.348. The monoisotopic (exact) mass is 346 g/mol. The molecule has 1 aliphatic heterocycles. The van der Waals surface area contributed by atoms with Crippen LogP contribution in [0.1, 0.15) is 40.0 Å². The minimum atomic E-state index is 0.148. The van der Waals surface area contributed by atoms with Gasteiger partial charge in [-0.1, -0.05) is 42.0 Å². The molecule has 1 fully saturated rings. The summed E-state index contributed by atoms with van der Waals surface area (Å²) in [5.74, 6) is 0.822. The molecule has 3 aromatic rings. The summed E-state index contributed by atoms with van der Waals surface area (Å²) in [6.07, 6.45) is 3.28. The van der Waals surface area contributed by atoms with E-state index in [1.165, 1.54) is 11.1 Å². The number of nitrogens with one attached hydrogen (secondary N) is 1. The van der Waals surface area contributed by atoms with Crippen LogP contribution >= 0.6 is 0 Å². The third-order valence-corrected chi connectivity index (χ3v) is 5.70. The number of carbonyl (C=O) groups excluding carboxylic acids is 1. The third-order valence-electron chi connectivity index (χ3n) is 5.70. The van der Waals surface area contributed by atoms with E-state index in [-0.39, 0.29) is 5.91 Å². The van der Waals surface area contributed by atoms with Crippen LogP contribution in [0.4, 0.5) is 0 Å². The molecule has 3 heteroatoms. The molecule has 1 saturated heterocycles. The second kappa shape index (κ2) is 6.99. The molecule has 0 bridgehead atoms. The van der Waals surface area contributed by atoms with Crippen molar-refractivity contribution in [3.05, 3.63) is 70.9 Å². The third kappa shape index (κ3) is 3.26. The minimum absolute atomic E-state index is 0.148. The number of likely N-dealkylation sites (tertiary alicyclic amines) is 1. The molecule has 0 saturated carbocycles. The van der Waals surface area contributed by atoms with Gasteiger partial charge in [-0.15, -0.1) is 0 Å². The molecule has 2 aromatic carbocycles. The van der Waals surface area contributed by atoms with Crippen LogP contribution in [0.3, 0.4) is 0 Å². The van der Waals surface area contributed by atoms with Crippen molar-refractivity contribution in [2.45, 2.75) is 33.1 Å². The number of aromatic amines is 1. The average Bonchev–Trinajstić information content (AvgIpc) is 2.99. The highest BCUT2D eigenvalue weighted by Crippen LogP contribution is 2.26. The molecule has 4 rings (SSSR count). The smallest absolute Gasteiger partial charge is 0.270 e. The van der Waals surface area contributed by atoms with Crippen LogP contribution in [0.5, 0.6) is 0 Å². The molecule has 134 valence electrons. The fourth-order valence-electron chi connectivity index (χ4n) is 4.10. The maximum absolute atomic E-state index is 13.0. The number of hydrogen-bond acceptors (Lipinski definition) is 1. The van der Waals surface area contributed by atoms with Gasteiger partial charge in [-0.2, -0.15) is 0 Å². The number of H-pyrrole nitrogens is 1. The van der Waals surface area contributed by atoms with Gasteiger partial charge in [0, 0.05) is 24.0 Å². The summed E-state index contributed by atoms with van der Waals surface area (Å²) in [6, 6.07) is 17.0. The average molecular weight is 346 g/mol. The van der Waals surface area contributed by atoms with Crippen molar-refractivity contribution in [3.8, 4) is 0 Å². The summed E-state index contributed by atoms with van der Waals surface area (Å²) in [4.78, 5) is 18.4. The van der Waals surface area contributed by atoms with E-state index in [0.29, 0.717) is 5.92 Å². The summed E-state index contributed by atoms with van der Waals surface area (Å²) in [5, 5.41) is 1.16. The topological polar surface area (TPSA) is 36.1 Å². The Labute approximate surface area is 155 Å². The van der Waals surface area contributed by atoms with Gasteiger partial charge in [0.1, 0.15) is 5.69 Å². The Morgan fingerprint density at radius 3 is 2.54 bits per heavy atom. The number of piperidine rings is 1. The Hall–Kier alpha value is -2.55. The number of amides is 1. The van der Waals surface area contributed by atoms with Crippen LogP contribution in [-0.2, 0) is 6.42 Å². The van der Waals surface area contributed by atoms with Gasteiger partial charge in [-0.25, -0.2) is 0 Å². The van der Waals surface area contributed by atoms with Crippen LogP contribution in [0.25, 0.3) is 10.9 Å². The maximum Gasteiger partial charge on any atom is 0.270 e. The molecule has 0 aliphatic carbocycles. The largest absolute Gasteiger partial charge is 0.350 e. The second-order valence-electron chi connectivity index (χ2n) is 7.60. The summed E-state index contributed by atoms with van der Waals surface area (Å²) in [5.41, 5.74) is 5.50. The van der Waals surface area contributed by atoms with Gasteiger partial charge in [0.15, 0.2) is 0 Å². The lowest BCUT2D eigenvalue weighted by Gasteiger charge is -2.32. The number of aryl methyl sites for hydroxylation is 2. The Balaban J connectivity index is 1.44. The highest BCUT2D eigenvalue weighted by molar-refractivity contribution is 6.01. The van der Waals surface area contributed by atoms with Crippen molar-refractivity contribution in [1.82, 2.24) is 9.88 Å². The van der Waals surface area contributed by atoms with E-state index < -0.39 is 0 Å². The van der Waals surface area contributed by atoms with Crippen molar-refractivity contribution in [2.75, 3.05) is 13.1 Å². The lowest BCUT2D eigenvalue weighted by molar-refractivity contribution is 0.0685. The molecule has 0 atom stereocenters. The minimum Gasteiger partial charge on any atom is -0.350 e. The maximum atomic E-state index is 13.0. The normalized spacial score (nSPS) is 15.5. The Morgan fingerprint density at radius 2 is 1.81 bits per heavy atom. The number of rotatable bonds is 3. The molecule has 1 amide bonds. The molecule has 0 spiro atoms. The fourth-order valence-corrected chi connectivity index (χ4v) is 4.10. The van der Waals surface area contributed by atoms with Crippen molar-refractivity contribution >= 4 is 16.8 Å². The van der Waals surface area contributed by atoms with Crippen LogP contribution in [0, 0.1) is 19.8 Å². The summed E-state index contributed by atoms with van der Waals surface area (Å²) in [7, 11) is 0. The standard InChI is InChI=1S/C23H26N2O/c1-16-8-9-21-20(14-16)17(2)22(24-21)23(26)25-12-10-19(11-13-25)15-18-6-4-3-5-7-18/h3-9,14,19,24H,10-13,15H2,1-2H3. The van der Waals surface area contributed by atoms with Gasteiger partial charge in [-0.3, -0.25) is 4.79 Å². The zero-order valence-corrected chi connectivity index (χ0v) is 15.6. The quantitative estimate of drug-likeness (QED) is 0.721. The molecule has 2 heterocycles. The summed E-state index contributed by atoms with van der Waals surface area (Å²) >= 11 is 0. The van der Waals surface area contributed by atoms with E-state index in [4.69, 9.17) is 0 Å². The molecule has 0 radical (unpaired) electrons. The highest BCUT2D eigenvalue weighted by Gasteiger charge is 2.26. The van der Waals surface area contributed by atoms with Gasteiger partial charge in [0.25, 0.3) is 5.91 Å². The van der Waals surface area contributed by atoms with Crippen molar-refractivity contribution in [2.24, 2.45) is 5.92 Å². The predicted octanol–water partition coefficient (Wildman–Crippen LogP) is 4.88. The van der Waals surface area contributed by atoms with Crippen molar-refractivity contribution in [3.63, 3.8) is 0 Å². The molecule has 1 aromatic heterocycles. The van der Waals surface area contributed by atoms with E-state index in [2.05, 4.69) is 60.4 Å². The summed E-state index contributed by atoms with van der Waals surface area (Å²) in [6.45, 7) is 5.84. The number of fused-ring (bicyclic) bond motifs is 1. The first kappa shape index (κ1) is 16.9. The van der Waals surface area contributed by atoms with Crippen LogP contribution < -0.4 is 0 Å². The van der Waals surface area contributed by atoms with E-state index in [9.17, 15) is 4.79 Å². The van der Waals surface area contributed by atoms with Crippen molar-refractivity contribution in [1.29, 1.82) is 0 Å². The van der Waals surface area contributed by atoms with E-state index in [1.807, 2.05) is 11.8 Å². The molecule has 1 aliphatic rings. The molecule has 26 heavy (non-hydrogen) atoms. The number of carbonyl (C=O) groups is 1. The Bertz CT molecular complexity index is 918. The first-order chi connectivity index (χ1) is 12.6. The number of aromatic nitrogens is 1. The van der Waals surface area contributed by atoms with E-state index >= 15 is 0 Å². The SMILES string of the molecule is Cc1ccc2[nH]c(C(=O)N3CCC(Cc4ccccc4)CC3)c(C)c2c1. The Morgan fingerprint density at radius 1 is 1.08 bits per heavy atom. The van der Waals surface area contributed by atoms with Crippen molar-refractivity contribution < 1.29 is 4.79 Å². The first-order valence-electron chi connectivity index (χ1n) is 9.54. The molecular weight excluding hydrogens is 320 g/mol. The van der Waals surface area contributed by atoms with Gasteiger partial charge >= 0.3 is 0 Å². The summed E-state index contributed by atoms with van der Waals surface area (Å²) < 4.78 is 0. The van der Waals surface area contributed by atoms with Crippen LogP contribution in [0.2, 0.25) is 0 Å².